The van der Waals surface area contributed by atoms with Crippen molar-refractivity contribution in [3.05, 3.63) is 108 Å². The molecule has 0 bridgehead atoms. The van der Waals surface area contributed by atoms with E-state index in [1.54, 1.807) is 12.3 Å². The minimum absolute atomic E-state index is 0.109. The van der Waals surface area contributed by atoms with Gasteiger partial charge in [0.15, 0.2) is 0 Å². The van der Waals surface area contributed by atoms with Gasteiger partial charge in [-0.2, -0.15) is 5.10 Å². The van der Waals surface area contributed by atoms with Crippen LogP contribution in [0.1, 0.15) is 16.7 Å². The Labute approximate surface area is 164 Å². The molecule has 0 aliphatic rings. The first-order chi connectivity index (χ1) is 13.8. The molecule has 4 rings (SSSR count). The summed E-state index contributed by atoms with van der Waals surface area (Å²) >= 11 is 0. The molecule has 28 heavy (non-hydrogen) atoms. The Balaban J connectivity index is 1.43. The quantitative estimate of drug-likeness (QED) is 0.513. The van der Waals surface area contributed by atoms with Crippen LogP contribution in [0.5, 0.6) is 0 Å². The fraction of sp³-hybridized carbons (Fsp3) is 0.0833. The Morgan fingerprint density at radius 1 is 0.929 bits per heavy atom. The first-order valence-electron chi connectivity index (χ1n) is 9.27. The van der Waals surface area contributed by atoms with Gasteiger partial charge in [0.25, 0.3) is 0 Å². The second kappa shape index (κ2) is 8.35. The molecule has 0 spiro atoms. The minimum atomic E-state index is -0.109. The van der Waals surface area contributed by atoms with Crippen molar-refractivity contribution in [2.45, 2.75) is 13.1 Å². The number of amides is 1. The average Bonchev–Trinajstić information content (AvgIpc) is 3.24. The fourth-order valence-electron chi connectivity index (χ4n) is 3.26. The molecule has 0 radical (unpaired) electrons. The number of nitrogens with zero attached hydrogens (tertiary/aromatic N) is 2. The van der Waals surface area contributed by atoms with Crippen molar-refractivity contribution in [2.75, 3.05) is 0 Å². The molecule has 4 heteroatoms. The average molecular weight is 367 g/mol. The molecule has 0 unspecified atom stereocenters. The van der Waals surface area contributed by atoms with Crippen molar-refractivity contribution >= 4 is 22.8 Å². The molecule has 0 fully saturated rings. The molecule has 1 N–H and O–H groups in total. The number of hydrogen-bond acceptors (Lipinski definition) is 2. The molecular formula is C24H21N3O. The summed E-state index contributed by atoms with van der Waals surface area (Å²) in [6, 6.07) is 24.3. The van der Waals surface area contributed by atoms with E-state index in [9.17, 15) is 4.79 Å². The normalized spacial score (nSPS) is 11.1. The van der Waals surface area contributed by atoms with Gasteiger partial charge >= 0.3 is 0 Å². The summed E-state index contributed by atoms with van der Waals surface area (Å²) in [6.07, 6.45) is 7.16. The predicted molar refractivity (Wildman–Crippen MR) is 113 cm³/mol. The van der Waals surface area contributed by atoms with Crippen molar-refractivity contribution in [3.63, 3.8) is 0 Å². The summed E-state index contributed by atoms with van der Waals surface area (Å²) in [5, 5.41) is 9.54. The Bertz CT molecular complexity index is 1110. The lowest BCUT2D eigenvalue weighted by atomic mass is 10.0. The van der Waals surface area contributed by atoms with Gasteiger partial charge in [0.05, 0.1) is 6.54 Å². The van der Waals surface area contributed by atoms with E-state index >= 15 is 0 Å². The maximum atomic E-state index is 12.3. The van der Waals surface area contributed by atoms with Crippen LogP contribution in [-0.2, 0) is 17.9 Å². The molecule has 3 aromatic carbocycles. The van der Waals surface area contributed by atoms with Gasteiger partial charge in [-0.25, -0.2) is 0 Å². The zero-order chi connectivity index (χ0) is 19.2. The number of carbonyl (C=O) groups is 1. The summed E-state index contributed by atoms with van der Waals surface area (Å²) in [5.74, 6) is -0.109. The number of nitrogens with one attached hydrogen (secondary N) is 1. The smallest absolute Gasteiger partial charge is 0.244 e. The molecule has 138 valence electrons. The Hall–Kier alpha value is -3.66. The molecule has 0 saturated carbocycles. The van der Waals surface area contributed by atoms with Crippen LogP contribution in [0, 0.1) is 0 Å². The van der Waals surface area contributed by atoms with Crippen molar-refractivity contribution in [2.24, 2.45) is 0 Å². The third kappa shape index (κ3) is 4.18. The van der Waals surface area contributed by atoms with Crippen LogP contribution < -0.4 is 5.32 Å². The fourth-order valence-corrected chi connectivity index (χ4v) is 3.26. The first kappa shape index (κ1) is 17.7. The minimum Gasteiger partial charge on any atom is -0.348 e. The summed E-state index contributed by atoms with van der Waals surface area (Å²) in [4.78, 5) is 12.3. The van der Waals surface area contributed by atoms with Crippen LogP contribution in [0.3, 0.4) is 0 Å². The number of rotatable bonds is 6. The van der Waals surface area contributed by atoms with Gasteiger partial charge < -0.3 is 5.32 Å². The lowest BCUT2D eigenvalue weighted by Crippen LogP contribution is -2.21. The van der Waals surface area contributed by atoms with Gasteiger partial charge in [-0.3, -0.25) is 9.48 Å². The standard InChI is InChI=1S/C24H21N3O/c28-24(14-13-20-11-5-10-19-7-3-4-12-23(19)20)25-17-21-8-1-2-9-22(21)18-27-16-6-15-26-27/h1-16H,17-18H2,(H,25,28)/b14-13+. The van der Waals surface area contributed by atoms with Gasteiger partial charge in [0, 0.05) is 25.0 Å². The molecule has 0 aliphatic carbocycles. The van der Waals surface area contributed by atoms with Gasteiger partial charge in [0.1, 0.15) is 0 Å². The molecular weight excluding hydrogens is 346 g/mol. The number of benzene rings is 3. The Morgan fingerprint density at radius 3 is 2.57 bits per heavy atom. The summed E-state index contributed by atoms with van der Waals surface area (Å²) in [6.45, 7) is 1.17. The van der Waals surface area contributed by atoms with Crippen LogP contribution in [-0.4, -0.2) is 15.7 Å². The van der Waals surface area contributed by atoms with Gasteiger partial charge in [-0.15, -0.1) is 0 Å². The largest absolute Gasteiger partial charge is 0.348 e. The topological polar surface area (TPSA) is 46.9 Å². The monoisotopic (exact) mass is 367 g/mol. The Morgan fingerprint density at radius 2 is 1.71 bits per heavy atom. The first-order valence-corrected chi connectivity index (χ1v) is 9.27. The zero-order valence-electron chi connectivity index (χ0n) is 15.5. The van der Waals surface area contributed by atoms with E-state index < -0.39 is 0 Å². The van der Waals surface area contributed by atoms with E-state index in [4.69, 9.17) is 0 Å². The van der Waals surface area contributed by atoms with Gasteiger partial charge in [-0.1, -0.05) is 66.7 Å². The SMILES string of the molecule is O=C(/C=C/c1cccc2ccccc12)NCc1ccccc1Cn1cccn1. The molecule has 1 amide bonds. The van der Waals surface area contributed by atoms with Crippen LogP contribution in [0.15, 0.2) is 91.3 Å². The van der Waals surface area contributed by atoms with Crippen LogP contribution in [0.25, 0.3) is 16.8 Å². The predicted octanol–water partition coefficient (Wildman–Crippen LogP) is 4.41. The van der Waals surface area contributed by atoms with Crippen LogP contribution >= 0.6 is 0 Å². The van der Waals surface area contributed by atoms with Crippen molar-refractivity contribution in [1.29, 1.82) is 0 Å². The summed E-state index contributed by atoms with van der Waals surface area (Å²) < 4.78 is 1.88. The molecule has 0 atom stereocenters. The highest BCUT2D eigenvalue weighted by molar-refractivity contribution is 5.96. The van der Waals surface area contributed by atoms with E-state index in [0.29, 0.717) is 13.1 Å². The molecule has 4 nitrogen and oxygen atoms in total. The van der Waals surface area contributed by atoms with Crippen molar-refractivity contribution in [1.82, 2.24) is 15.1 Å². The van der Waals surface area contributed by atoms with Crippen LogP contribution in [0.2, 0.25) is 0 Å². The lowest BCUT2D eigenvalue weighted by Gasteiger charge is -2.10. The van der Waals surface area contributed by atoms with E-state index in [2.05, 4.69) is 34.7 Å². The summed E-state index contributed by atoms with van der Waals surface area (Å²) in [7, 11) is 0. The maximum absolute atomic E-state index is 12.3. The number of carbonyl (C=O) groups excluding carboxylic acids is 1. The third-order valence-corrected chi connectivity index (χ3v) is 4.70. The molecule has 1 heterocycles. The van der Waals surface area contributed by atoms with E-state index in [-0.39, 0.29) is 5.91 Å². The lowest BCUT2D eigenvalue weighted by molar-refractivity contribution is -0.116. The molecule has 0 aliphatic heterocycles. The number of fused-ring (bicyclic) bond motifs is 1. The highest BCUT2D eigenvalue weighted by Gasteiger charge is 2.05. The van der Waals surface area contributed by atoms with Gasteiger partial charge in [-0.05, 0) is 39.6 Å². The third-order valence-electron chi connectivity index (χ3n) is 4.70. The molecule has 4 aromatic rings. The molecule has 0 saturated heterocycles. The van der Waals surface area contributed by atoms with E-state index in [1.165, 1.54) is 0 Å². The highest BCUT2D eigenvalue weighted by atomic mass is 16.1. The van der Waals surface area contributed by atoms with E-state index in [1.807, 2.05) is 65.5 Å². The van der Waals surface area contributed by atoms with Crippen molar-refractivity contribution in [3.8, 4) is 0 Å². The summed E-state index contributed by atoms with van der Waals surface area (Å²) in [5.41, 5.74) is 3.27. The Kier molecular flexibility index (Phi) is 5.29. The van der Waals surface area contributed by atoms with Crippen molar-refractivity contribution < 1.29 is 4.79 Å². The van der Waals surface area contributed by atoms with Gasteiger partial charge in [0.2, 0.25) is 5.91 Å². The molecule has 1 aromatic heterocycles. The second-order valence-electron chi connectivity index (χ2n) is 6.59. The number of hydrogen-bond donors (Lipinski definition) is 1. The van der Waals surface area contributed by atoms with Crippen LogP contribution in [0.4, 0.5) is 0 Å². The van der Waals surface area contributed by atoms with E-state index in [0.717, 1.165) is 27.5 Å². The zero-order valence-corrected chi connectivity index (χ0v) is 15.5. The maximum Gasteiger partial charge on any atom is 0.244 e. The second-order valence-corrected chi connectivity index (χ2v) is 6.59. The number of aromatic nitrogens is 2. The highest BCUT2D eigenvalue weighted by Crippen LogP contribution is 2.19.